The van der Waals surface area contributed by atoms with Gasteiger partial charge in [0.1, 0.15) is 17.5 Å². The van der Waals surface area contributed by atoms with Crippen molar-refractivity contribution in [2.75, 3.05) is 0 Å². The molecule has 0 aliphatic heterocycles. The molecule has 2 aromatic carbocycles. The van der Waals surface area contributed by atoms with Crippen molar-refractivity contribution in [1.82, 2.24) is 0 Å². The van der Waals surface area contributed by atoms with Crippen LogP contribution in [0.15, 0.2) is 42.5 Å². The van der Waals surface area contributed by atoms with Crippen molar-refractivity contribution in [3.05, 3.63) is 70.4 Å². The van der Waals surface area contributed by atoms with Crippen LogP contribution in [0.4, 0.5) is 13.2 Å². The van der Waals surface area contributed by atoms with Crippen molar-refractivity contribution >= 4 is 21.4 Å². The molecular formula is C16H11F3OS. The zero-order valence-corrected chi connectivity index (χ0v) is 11.6. The molecule has 0 fully saturated rings. The number of thiophene rings is 1. The molecule has 3 aromatic rings. The molecule has 0 radical (unpaired) electrons. The van der Waals surface area contributed by atoms with Crippen molar-refractivity contribution in [3.63, 3.8) is 0 Å². The first-order valence-corrected chi connectivity index (χ1v) is 7.16. The second-order valence-corrected chi connectivity index (χ2v) is 5.87. The highest BCUT2D eigenvalue weighted by atomic mass is 32.1. The van der Waals surface area contributed by atoms with Gasteiger partial charge in [-0.25, -0.2) is 13.2 Å². The van der Waals surface area contributed by atoms with Crippen LogP contribution in [0.1, 0.15) is 16.5 Å². The first kappa shape index (κ1) is 14.1. The third kappa shape index (κ3) is 2.80. The molecule has 0 aliphatic carbocycles. The van der Waals surface area contributed by atoms with Crippen LogP contribution in [0.3, 0.4) is 0 Å². The quantitative estimate of drug-likeness (QED) is 0.750. The monoisotopic (exact) mass is 308 g/mol. The van der Waals surface area contributed by atoms with E-state index in [0.29, 0.717) is 9.58 Å². The van der Waals surface area contributed by atoms with Crippen LogP contribution >= 0.6 is 11.3 Å². The highest BCUT2D eigenvalue weighted by Crippen LogP contribution is 2.32. The van der Waals surface area contributed by atoms with Crippen LogP contribution < -0.4 is 0 Å². The standard InChI is InChI=1S/C16H11F3OS/c17-10-5-4-9-6-16(21-15(9)7-10)14(20)8-11-12(18)2-1-3-13(11)19/h1-7,14,20H,8H2. The van der Waals surface area contributed by atoms with Crippen molar-refractivity contribution in [2.24, 2.45) is 0 Å². The van der Waals surface area contributed by atoms with E-state index in [1.54, 1.807) is 12.1 Å². The molecule has 0 aliphatic rings. The molecular weight excluding hydrogens is 297 g/mol. The van der Waals surface area contributed by atoms with Gasteiger partial charge in [-0.2, -0.15) is 0 Å². The Labute approximate surface area is 123 Å². The summed E-state index contributed by atoms with van der Waals surface area (Å²) >= 11 is 1.22. The number of halogens is 3. The molecule has 0 spiro atoms. The number of aliphatic hydroxyl groups is 1. The summed E-state index contributed by atoms with van der Waals surface area (Å²) in [6, 6.07) is 9.63. The second kappa shape index (κ2) is 5.50. The Kier molecular flexibility index (Phi) is 3.69. The molecule has 0 saturated heterocycles. The summed E-state index contributed by atoms with van der Waals surface area (Å²) in [5.74, 6) is -1.71. The Hall–Kier alpha value is -1.85. The molecule has 3 rings (SSSR count). The zero-order chi connectivity index (χ0) is 15.0. The number of aliphatic hydroxyl groups excluding tert-OH is 1. The van der Waals surface area contributed by atoms with Crippen molar-refractivity contribution in [3.8, 4) is 0 Å². The first-order chi connectivity index (χ1) is 10.0. The fourth-order valence-corrected chi connectivity index (χ4v) is 3.29. The van der Waals surface area contributed by atoms with E-state index in [9.17, 15) is 18.3 Å². The van der Waals surface area contributed by atoms with Crippen LogP contribution in [0.25, 0.3) is 10.1 Å². The predicted molar refractivity (Wildman–Crippen MR) is 76.8 cm³/mol. The summed E-state index contributed by atoms with van der Waals surface area (Å²) in [6.07, 6.45) is -1.19. The molecule has 1 heterocycles. The Morgan fingerprint density at radius 2 is 1.71 bits per heavy atom. The van der Waals surface area contributed by atoms with E-state index in [1.165, 1.54) is 29.5 Å². The molecule has 21 heavy (non-hydrogen) atoms. The fourth-order valence-electron chi connectivity index (χ4n) is 2.21. The van der Waals surface area contributed by atoms with E-state index in [4.69, 9.17) is 0 Å². The lowest BCUT2D eigenvalue weighted by atomic mass is 10.1. The van der Waals surface area contributed by atoms with Crippen LogP contribution in [0.5, 0.6) is 0 Å². The maximum absolute atomic E-state index is 13.6. The molecule has 0 amide bonds. The summed E-state index contributed by atoms with van der Waals surface area (Å²) in [5, 5.41) is 11.0. The van der Waals surface area contributed by atoms with Gasteiger partial charge in [0.2, 0.25) is 0 Å². The third-order valence-corrected chi connectivity index (χ3v) is 4.49. The second-order valence-electron chi connectivity index (χ2n) is 4.75. The minimum absolute atomic E-state index is 0.145. The van der Waals surface area contributed by atoms with Gasteiger partial charge in [-0.15, -0.1) is 11.3 Å². The van der Waals surface area contributed by atoms with Crippen molar-refractivity contribution in [1.29, 1.82) is 0 Å². The van der Waals surface area contributed by atoms with Crippen molar-refractivity contribution < 1.29 is 18.3 Å². The van der Waals surface area contributed by atoms with E-state index < -0.39 is 17.7 Å². The smallest absolute Gasteiger partial charge is 0.129 e. The van der Waals surface area contributed by atoms with Crippen molar-refractivity contribution in [2.45, 2.75) is 12.5 Å². The highest BCUT2D eigenvalue weighted by molar-refractivity contribution is 7.19. The zero-order valence-electron chi connectivity index (χ0n) is 10.8. The van der Waals surface area contributed by atoms with Gasteiger partial charge < -0.3 is 5.11 Å². The van der Waals surface area contributed by atoms with Gasteiger partial charge >= 0.3 is 0 Å². The molecule has 0 bridgehead atoms. The van der Waals surface area contributed by atoms with Gasteiger partial charge in [-0.3, -0.25) is 0 Å². The normalized spacial score (nSPS) is 12.8. The maximum Gasteiger partial charge on any atom is 0.129 e. The Morgan fingerprint density at radius 3 is 2.43 bits per heavy atom. The van der Waals surface area contributed by atoms with Gasteiger partial charge in [-0.05, 0) is 35.7 Å². The number of rotatable bonds is 3. The summed E-state index contributed by atoms with van der Waals surface area (Å²) < 4.78 is 41.0. The molecule has 1 aromatic heterocycles. The third-order valence-electron chi connectivity index (χ3n) is 3.29. The van der Waals surface area contributed by atoms with E-state index in [-0.39, 0.29) is 17.8 Å². The molecule has 1 N–H and O–H groups in total. The minimum Gasteiger partial charge on any atom is -0.387 e. The summed E-state index contributed by atoms with van der Waals surface area (Å²) in [5.41, 5.74) is -0.145. The largest absolute Gasteiger partial charge is 0.387 e. The molecule has 108 valence electrons. The highest BCUT2D eigenvalue weighted by Gasteiger charge is 2.17. The topological polar surface area (TPSA) is 20.2 Å². The summed E-state index contributed by atoms with van der Waals surface area (Å²) in [7, 11) is 0. The van der Waals surface area contributed by atoms with Crippen LogP contribution in [-0.2, 0) is 6.42 Å². The molecule has 1 unspecified atom stereocenters. The van der Waals surface area contributed by atoms with Gasteiger partial charge in [0.25, 0.3) is 0 Å². The Morgan fingerprint density at radius 1 is 1.00 bits per heavy atom. The average Bonchev–Trinajstić information content (AvgIpc) is 2.86. The van der Waals surface area contributed by atoms with Crippen LogP contribution in [0.2, 0.25) is 0 Å². The predicted octanol–water partition coefficient (Wildman–Crippen LogP) is 4.59. The lowest BCUT2D eigenvalue weighted by molar-refractivity contribution is 0.179. The lowest BCUT2D eigenvalue weighted by Crippen LogP contribution is -2.04. The SMILES string of the molecule is OC(Cc1c(F)cccc1F)c1cc2ccc(F)cc2s1. The van der Waals surface area contributed by atoms with E-state index >= 15 is 0 Å². The van der Waals surface area contributed by atoms with E-state index in [1.807, 2.05) is 0 Å². The molecule has 1 atom stereocenters. The number of hydrogen-bond acceptors (Lipinski definition) is 2. The lowest BCUT2D eigenvalue weighted by Gasteiger charge is -2.10. The van der Waals surface area contributed by atoms with Gasteiger partial charge in [0, 0.05) is 21.6 Å². The summed E-state index contributed by atoms with van der Waals surface area (Å²) in [6.45, 7) is 0. The molecule has 0 saturated carbocycles. The average molecular weight is 308 g/mol. The van der Waals surface area contributed by atoms with Crippen LogP contribution in [0, 0.1) is 17.5 Å². The van der Waals surface area contributed by atoms with E-state index in [2.05, 4.69) is 0 Å². The number of fused-ring (bicyclic) bond motifs is 1. The molecule has 5 heteroatoms. The van der Waals surface area contributed by atoms with E-state index in [0.717, 1.165) is 17.5 Å². The van der Waals surface area contributed by atoms with Gasteiger partial charge in [-0.1, -0.05) is 12.1 Å². The maximum atomic E-state index is 13.6. The number of benzene rings is 2. The minimum atomic E-state index is -1.03. The fraction of sp³-hybridized carbons (Fsp3) is 0.125. The summed E-state index contributed by atoms with van der Waals surface area (Å²) in [4.78, 5) is 0.554. The van der Waals surface area contributed by atoms with Gasteiger partial charge in [0.05, 0.1) is 6.10 Å². The Bertz CT molecular complexity index is 777. The van der Waals surface area contributed by atoms with Gasteiger partial charge in [0.15, 0.2) is 0 Å². The molecule has 1 nitrogen and oxygen atoms in total. The Balaban J connectivity index is 1.91. The first-order valence-electron chi connectivity index (χ1n) is 6.34. The van der Waals surface area contributed by atoms with Crippen LogP contribution in [-0.4, -0.2) is 5.11 Å². The number of hydrogen-bond donors (Lipinski definition) is 1.